The quantitative estimate of drug-likeness (QED) is 0.560. The standard InChI is InChI=1S/C18H18N2O2/c21-18(19-22)16-9-8-15-10-12-20(17(15)13-16)11-4-7-14-5-2-1-3-6-14/h1-3,5-6,8-10,12-13,22H,4,7,11H2,(H,19,21). The molecule has 112 valence electrons. The third kappa shape index (κ3) is 3.02. The number of rotatable bonds is 5. The number of benzene rings is 2. The highest BCUT2D eigenvalue weighted by atomic mass is 16.5. The van der Waals surface area contributed by atoms with Crippen LogP contribution in [-0.4, -0.2) is 15.7 Å². The number of carbonyl (C=O) groups excluding carboxylic acids is 1. The van der Waals surface area contributed by atoms with E-state index in [0.29, 0.717) is 5.56 Å². The molecule has 2 aromatic carbocycles. The van der Waals surface area contributed by atoms with Crippen LogP contribution < -0.4 is 5.48 Å². The van der Waals surface area contributed by atoms with Gasteiger partial charge in [0.2, 0.25) is 0 Å². The second-order valence-corrected chi connectivity index (χ2v) is 5.31. The molecule has 0 aliphatic carbocycles. The van der Waals surface area contributed by atoms with Crippen LogP contribution in [0.1, 0.15) is 22.3 Å². The van der Waals surface area contributed by atoms with Crippen LogP contribution in [-0.2, 0) is 13.0 Å². The molecular weight excluding hydrogens is 276 g/mol. The third-order valence-corrected chi connectivity index (χ3v) is 3.84. The first-order chi connectivity index (χ1) is 10.8. The SMILES string of the molecule is O=C(NO)c1ccc2ccn(CCCc3ccccc3)c2c1. The van der Waals surface area contributed by atoms with Gasteiger partial charge in [-0.15, -0.1) is 0 Å². The van der Waals surface area contributed by atoms with Crippen molar-refractivity contribution in [1.29, 1.82) is 0 Å². The van der Waals surface area contributed by atoms with Crippen LogP contribution in [0.25, 0.3) is 10.9 Å². The van der Waals surface area contributed by atoms with Gasteiger partial charge in [0.25, 0.3) is 5.91 Å². The highest BCUT2D eigenvalue weighted by Gasteiger charge is 2.07. The lowest BCUT2D eigenvalue weighted by Gasteiger charge is -2.07. The maximum Gasteiger partial charge on any atom is 0.274 e. The van der Waals surface area contributed by atoms with Crippen molar-refractivity contribution in [3.8, 4) is 0 Å². The average molecular weight is 294 g/mol. The summed E-state index contributed by atoms with van der Waals surface area (Å²) >= 11 is 0. The first-order valence-corrected chi connectivity index (χ1v) is 7.35. The number of hydrogen-bond acceptors (Lipinski definition) is 2. The van der Waals surface area contributed by atoms with Crippen LogP contribution in [0.2, 0.25) is 0 Å². The van der Waals surface area contributed by atoms with Crippen molar-refractivity contribution in [3.05, 3.63) is 71.9 Å². The maximum absolute atomic E-state index is 11.5. The molecule has 0 radical (unpaired) electrons. The van der Waals surface area contributed by atoms with Crippen molar-refractivity contribution in [1.82, 2.24) is 10.0 Å². The lowest BCUT2D eigenvalue weighted by Crippen LogP contribution is -2.18. The average Bonchev–Trinajstić information content (AvgIpc) is 2.97. The minimum absolute atomic E-state index is 0.456. The van der Waals surface area contributed by atoms with E-state index in [2.05, 4.69) is 28.8 Å². The Hall–Kier alpha value is -2.59. The van der Waals surface area contributed by atoms with Crippen LogP contribution in [0.15, 0.2) is 60.8 Å². The van der Waals surface area contributed by atoms with Crippen molar-refractivity contribution < 1.29 is 10.0 Å². The Balaban J connectivity index is 1.74. The number of hydrogen-bond donors (Lipinski definition) is 2. The summed E-state index contributed by atoms with van der Waals surface area (Å²) in [5.74, 6) is -0.487. The molecule has 0 bridgehead atoms. The van der Waals surface area contributed by atoms with Gasteiger partial charge in [-0.05, 0) is 42.0 Å². The van der Waals surface area contributed by atoms with Gasteiger partial charge in [-0.25, -0.2) is 5.48 Å². The minimum Gasteiger partial charge on any atom is -0.347 e. The van der Waals surface area contributed by atoms with Gasteiger partial charge in [0.1, 0.15) is 0 Å². The van der Waals surface area contributed by atoms with Gasteiger partial charge >= 0.3 is 0 Å². The number of aromatic nitrogens is 1. The predicted molar refractivity (Wildman–Crippen MR) is 86.0 cm³/mol. The molecule has 1 aromatic heterocycles. The van der Waals surface area contributed by atoms with Gasteiger partial charge in [-0.2, -0.15) is 0 Å². The van der Waals surface area contributed by atoms with Crippen molar-refractivity contribution in [2.75, 3.05) is 0 Å². The number of nitrogens with one attached hydrogen (secondary N) is 1. The molecule has 22 heavy (non-hydrogen) atoms. The Morgan fingerprint density at radius 3 is 2.68 bits per heavy atom. The zero-order valence-electron chi connectivity index (χ0n) is 12.2. The molecule has 0 aliphatic heterocycles. The second-order valence-electron chi connectivity index (χ2n) is 5.31. The summed E-state index contributed by atoms with van der Waals surface area (Å²) in [6, 6.07) is 17.9. The lowest BCUT2D eigenvalue weighted by atomic mass is 10.1. The van der Waals surface area contributed by atoms with Crippen LogP contribution >= 0.6 is 0 Å². The molecule has 1 amide bonds. The molecule has 0 spiro atoms. The van der Waals surface area contributed by atoms with E-state index < -0.39 is 5.91 Å². The topological polar surface area (TPSA) is 54.3 Å². The number of fused-ring (bicyclic) bond motifs is 1. The molecule has 0 unspecified atom stereocenters. The highest BCUT2D eigenvalue weighted by molar-refractivity contribution is 5.97. The third-order valence-electron chi connectivity index (χ3n) is 3.84. The molecule has 0 atom stereocenters. The van der Waals surface area contributed by atoms with E-state index in [9.17, 15) is 4.79 Å². The largest absolute Gasteiger partial charge is 0.347 e. The van der Waals surface area contributed by atoms with Gasteiger partial charge in [0.15, 0.2) is 0 Å². The van der Waals surface area contributed by atoms with Crippen LogP contribution in [0.3, 0.4) is 0 Å². The summed E-state index contributed by atoms with van der Waals surface area (Å²) in [5, 5.41) is 9.83. The van der Waals surface area contributed by atoms with Crippen molar-refractivity contribution in [2.24, 2.45) is 0 Å². The minimum atomic E-state index is -0.487. The summed E-state index contributed by atoms with van der Waals surface area (Å²) in [6.07, 6.45) is 4.10. The molecule has 3 aromatic rings. The van der Waals surface area contributed by atoms with Crippen molar-refractivity contribution in [3.63, 3.8) is 0 Å². The fourth-order valence-corrected chi connectivity index (χ4v) is 2.68. The summed E-state index contributed by atoms with van der Waals surface area (Å²) in [4.78, 5) is 11.5. The van der Waals surface area contributed by atoms with Gasteiger partial charge in [0.05, 0.1) is 0 Å². The summed E-state index contributed by atoms with van der Waals surface area (Å²) in [6.45, 7) is 0.891. The van der Waals surface area contributed by atoms with Gasteiger partial charge < -0.3 is 4.57 Å². The van der Waals surface area contributed by atoms with Gasteiger partial charge in [-0.3, -0.25) is 10.0 Å². The number of carbonyl (C=O) groups is 1. The predicted octanol–water partition coefficient (Wildman–Crippen LogP) is 3.39. The monoisotopic (exact) mass is 294 g/mol. The number of hydroxylamine groups is 1. The molecule has 1 heterocycles. The van der Waals surface area contributed by atoms with E-state index in [-0.39, 0.29) is 0 Å². The van der Waals surface area contributed by atoms with E-state index in [0.717, 1.165) is 30.3 Å². The number of nitrogens with zero attached hydrogens (tertiary/aromatic N) is 1. The molecular formula is C18H18N2O2. The van der Waals surface area contributed by atoms with Crippen LogP contribution in [0, 0.1) is 0 Å². The van der Waals surface area contributed by atoms with E-state index in [4.69, 9.17) is 5.21 Å². The molecule has 0 fully saturated rings. The lowest BCUT2D eigenvalue weighted by molar-refractivity contribution is 0.0706. The molecule has 3 rings (SSSR count). The maximum atomic E-state index is 11.5. The molecule has 0 aliphatic rings. The van der Waals surface area contributed by atoms with E-state index in [1.807, 2.05) is 30.5 Å². The molecule has 2 N–H and O–H groups in total. The van der Waals surface area contributed by atoms with E-state index >= 15 is 0 Å². The summed E-state index contributed by atoms with van der Waals surface area (Å²) in [7, 11) is 0. The molecule has 4 heteroatoms. The fraction of sp³-hybridized carbons (Fsp3) is 0.167. The van der Waals surface area contributed by atoms with Crippen molar-refractivity contribution in [2.45, 2.75) is 19.4 Å². The smallest absolute Gasteiger partial charge is 0.274 e. The summed E-state index contributed by atoms with van der Waals surface area (Å²) in [5.41, 5.74) is 4.47. The summed E-state index contributed by atoms with van der Waals surface area (Å²) < 4.78 is 2.15. The van der Waals surface area contributed by atoms with E-state index in [1.165, 1.54) is 5.56 Å². The molecule has 0 saturated heterocycles. The number of amides is 1. The zero-order chi connectivity index (χ0) is 15.4. The highest BCUT2D eigenvalue weighted by Crippen LogP contribution is 2.18. The first-order valence-electron chi connectivity index (χ1n) is 7.35. The van der Waals surface area contributed by atoms with Crippen LogP contribution in [0.4, 0.5) is 0 Å². The normalized spacial score (nSPS) is 10.8. The second kappa shape index (κ2) is 6.45. The fourth-order valence-electron chi connectivity index (χ4n) is 2.68. The Bertz CT molecular complexity index is 778. The Morgan fingerprint density at radius 1 is 1.09 bits per heavy atom. The molecule has 4 nitrogen and oxygen atoms in total. The Morgan fingerprint density at radius 2 is 1.91 bits per heavy atom. The number of aryl methyl sites for hydroxylation is 2. The molecule has 0 saturated carbocycles. The van der Waals surface area contributed by atoms with Crippen molar-refractivity contribution >= 4 is 16.8 Å². The van der Waals surface area contributed by atoms with Gasteiger partial charge in [-0.1, -0.05) is 36.4 Å². The zero-order valence-corrected chi connectivity index (χ0v) is 12.2. The Kier molecular flexibility index (Phi) is 4.21. The Labute approximate surface area is 129 Å². The first kappa shape index (κ1) is 14.4. The van der Waals surface area contributed by atoms with Crippen LogP contribution in [0.5, 0.6) is 0 Å². The van der Waals surface area contributed by atoms with Gasteiger partial charge in [0, 0.05) is 23.8 Å². The van der Waals surface area contributed by atoms with E-state index in [1.54, 1.807) is 11.5 Å².